The van der Waals surface area contributed by atoms with Crippen LogP contribution in [0.5, 0.6) is 0 Å². The molecule has 1 fully saturated rings. The monoisotopic (exact) mass is 347 g/mol. The normalized spacial score (nSPS) is 14.9. The smallest absolute Gasteiger partial charge is 0.206 e. The summed E-state index contributed by atoms with van der Waals surface area (Å²) in [5.41, 5.74) is 4.81. The summed E-state index contributed by atoms with van der Waals surface area (Å²) in [5, 5.41) is 7.12. The molecule has 0 aliphatic heterocycles. The van der Waals surface area contributed by atoms with E-state index < -0.39 is 0 Å². The van der Waals surface area contributed by atoms with Crippen LogP contribution in [0, 0.1) is 0 Å². The van der Waals surface area contributed by atoms with Crippen LogP contribution in [0.1, 0.15) is 31.2 Å². The van der Waals surface area contributed by atoms with E-state index in [9.17, 15) is 0 Å². The van der Waals surface area contributed by atoms with Crippen LogP contribution in [0.25, 0.3) is 11.3 Å². The van der Waals surface area contributed by atoms with Crippen LogP contribution < -0.4 is 4.80 Å². The van der Waals surface area contributed by atoms with Crippen LogP contribution in [0.15, 0.2) is 76.1 Å². The van der Waals surface area contributed by atoms with E-state index >= 15 is 0 Å². The molecule has 2 aromatic carbocycles. The topological polar surface area (TPSA) is 29.6 Å². The van der Waals surface area contributed by atoms with Gasteiger partial charge in [0.2, 0.25) is 4.80 Å². The number of aromatic nitrogens is 1. The van der Waals surface area contributed by atoms with Gasteiger partial charge >= 0.3 is 0 Å². The highest BCUT2D eigenvalue weighted by atomic mass is 32.1. The third-order valence-corrected chi connectivity index (χ3v) is 5.27. The Balaban J connectivity index is 1.76. The van der Waals surface area contributed by atoms with E-state index in [0.29, 0.717) is 6.54 Å². The molecule has 1 aliphatic carbocycles. The van der Waals surface area contributed by atoms with Crippen molar-refractivity contribution in [1.29, 1.82) is 0 Å². The molecule has 1 aliphatic rings. The molecular weight excluding hydrogens is 326 g/mol. The third kappa shape index (κ3) is 3.80. The number of benzene rings is 2. The van der Waals surface area contributed by atoms with Gasteiger partial charge in [-0.3, -0.25) is 4.99 Å². The summed E-state index contributed by atoms with van der Waals surface area (Å²) in [6.45, 7) is 0.681. The van der Waals surface area contributed by atoms with E-state index in [1.165, 1.54) is 29.7 Å². The molecule has 0 unspecified atom stereocenters. The van der Waals surface area contributed by atoms with Crippen molar-refractivity contribution in [3.63, 3.8) is 0 Å². The average Bonchev–Trinajstić information content (AvgIpc) is 3.32. The summed E-state index contributed by atoms with van der Waals surface area (Å²) >= 11 is 1.66. The fourth-order valence-electron chi connectivity index (χ4n) is 3.08. The lowest BCUT2D eigenvalue weighted by Gasteiger charge is -2.05. The number of nitrogens with zero attached hydrogens (tertiary/aromatic N) is 3. The van der Waals surface area contributed by atoms with Gasteiger partial charge in [0.25, 0.3) is 0 Å². The Morgan fingerprint density at radius 3 is 2.28 bits per heavy atom. The first-order valence-corrected chi connectivity index (χ1v) is 9.65. The standard InChI is InChI=1S/C21H21N3S/c1-3-9-17(10-4-1)15-22-21-24(23-19-13-7-8-14-19)20(16-25-21)18-11-5-2-6-12-18/h1-6,9-12,16H,7-8,13-15H2. The fraction of sp³-hybridized carbons (Fsp3) is 0.238. The SMILES string of the molecule is c1ccc(CN=c2scc(-c3ccccc3)n2N=C2CCCC2)cc1. The van der Waals surface area contributed by atoms with Crippen LogP contribution in [0.2, 0.25) is 0 Å². The van der Waals surface area contributed by atoms with E-state index in [1.807, 2.05) is 16.8 Å². The van der Waals surface area contributed by atoms with Crippen molar-refractivity contribution in [3.05, 3.63) is 76.4 Å². The molecule has 0 N–H and O–H groups in total. The Morgan fingerprint density at radius 1 is 0.880 bits per heavy atom. The number of hydrogen-bond acceptors (Lipinski definition) is 3. The molecule has 0 bridgehead atoms. The lowest BCUT2D eigenvalue weighted by atomic mass is 10.2. The minimum absolute atomic E-state index is 0.681. The molecule has 3 aromatic rings. The maximum Gasteiger partial charge on any atom is 0.206 e. The average molecular weight is 347 g/mol. The predicted octanol–water partition coefficient (Wildman–Crippen LogP) is 5.10. The van der Waals surface area contributed by atoms with Crippen molar-refractivity contribution >= 4 is 17.0 Å². The molecule has 1 aromatic heterocycles. The van der Waals surface area contributed by atoms with Crippen LogP contribution in [-0.4, -0.2) is 10.4 Å². The van der Waals surface area contributed by atoms with Gasteiger partial charge < -0.3 is 0 Å². The maximum absolute atomic E-state index is 4.96. The summed E-state index contributed by atoms with van der Waals surface area (Å²) in [5.74, 6) is 0. The van der Waals surface area contributed by atoms with Crippen molar-refractivity contribution in [2.45, 2.75) is 32.2 Å². The second-order valence-corrected chi connectivity index (χ2v) is 7.09. The zero-order chi connectivity index (χ0) is 16.9. The van der Waals surface area contributed by atoms with Crippen molar-refractivity contribution in [3.8, 4) is 11.3 Å². The van der Waals surface area contributed by atoms with Gasteiger partial charge in [-0.1, -0.05) is 60.7 Å². The van der Waals surface area contributed by atoms with Crippen LogP contribution >= 0.6 is 11.3 Å². The van der Waals surface area contributed by atoms with Crippen molar-refractivity contribution in [2.24, 2.45) is 10.1 Å². The molecule has 4 rings (SSSR count). The van der Waals surface area contributed by atoms with Gasteiger partial charge in [0.05, 0.1) is 12.2 Å². The molecular formula is C21H21N3S. The highest BCUT2D eigenvalue weighted by Gasteiger charge is 2.12. The minimum atomic E-state index is 0.681. The summed E-state index contributed by atoms with van der Waals surface area (Å²) in [4.78, 5) is 5.80. The lowest BCUT2D eigenvalue weighted by molar-refractivity contribution is 0.814. The van der Waals surface area contributed by atoms with E-state index in [0.717, 1.165) is 23.3 Å². The highest BCUT2D eigenvalue weighted by Crippen LogP contribution is 2.21. The van der Waals surface area contributed by atoms with E-state index in [2.05, 4.69) is 53.9 Å². The molecule has 126 valence electrons. The predicted molar refractivity (Wildman–Crippen MR) is 105 cm³/mol. The Hall–Kier alpha value is -2.46. The summed E-state index contributed by atoms with van der Waals surface area (Å²) in [6.07, 6.45) is 4.71. The maximum atomic E-state index is 4.96. The van der Waals surface area contributed by atoms with Gasteiger partial charge in [-0.15, -0.1) is 11.3 Å². The zero-order valence-electron chi connectivity index (χ0n) is 14.1. The van der Waals surface area contributed by atoms with Gasteiger partial charge in [-0.2, -0.15) is 5.10 Å². The van der Waals surface area contributed by atoms with E-state index in [4.69, 9.17) is 10.1 Å². The van der Waals surface area contributed by atoms with Crippen molar-refractivity contribution in [2.75, 3.05) is 0 Å². The van der Waals surface area contributed by atoms with E-state index in [-0.39, 0.29) is 0 Å². The lowest BCUT2D eigenvalue weighted by Crippen LogP contribution is -2.14. The first kappa shape index (κ1) is 16.0. The zero-order valence-corrected chi connectivity index (χ0v) is 15.0. The molecule has 3 nitrogen and oxygen atoms in total. The first-order valence-electron chi connectivity index (χ1n) is 8.77. The van der Waals surface area contributed by atoms with Gasteiger partial charge in [0.1, 0.15) is 0 Å². The van der Waals surface area contributed by atoms with Gasteiger partial charge in [-0.05, 0) is 31.2 Å². The van der Waals surface area contributed by atoms with E-state index in [1.54, 1.807) is 11.3 Å². The molecule has 25 heavy (non-hydrogen) atoms. The Kier molecular flexibility index (Phi) is 4.89. The molecule has 4 heteroatoms. The first-order chi connectivity index (χ1) is 12.4. The summed E-state index contributed by atoms with van der Waals surface area (Å²) in [7, 11) is 0. The van der Waals surface area contributed by atoms with Crippen LogP contribution in [0.4, 0.5) is 0 Å². The molecule has 1 heterocycles. The highest BCUT2D eigenvalue weighted by molar-refractivity contribution is 7.07. The molecule has 0 radical (unpaired) electrons. The minimum Gasteiger partial charge on any atom is -0.253 e. The second-order valence-electron chi connectivity index (χ2n) is 6.26. The van der Waals surface area contributed by atoms with Crippen LogP contribution in [0.3, 0.4) is 0 Å². The van der Waals surface area contributed by atoms with Crippen LogP contribution in [-0.2, 0) is 6.54 Å². The van der Waals surface area contributed by atoms with Gasteiger partial charge in [0.15, 0.2) is 0 Å². The molecule has 0 atom stereocenters. The molecule has 1 saturated carbocycles. The number of hydrogen-bond donors (Lipinski definition) is 0. The fourth-order valence-corrected chi connectivity index (χ4v) is 3.91. The molecule has 0 spiro atoms. The summed E-state index contributed by atoms with van der Waals surface area (Å²) in [6, 6.07) is 20.8. The largest absolute Gasteiger partial charge is 0.253 e. The molecule has 0 saturated heterocycles. The Morgan fingerprint density at radius 2 is 1.56 bits per heavy atom. The van der Waals surface area contributed by atoms with Crippen molar-refractivity contribution < 1.29 is 0 Å². The van der Waals surface area contributed by atoms with Gasteiger partial charge in [-0.25, -0.2) is 4.68 Å². The molecule has 0 amide bonds. The van der Waals surface area contributed by atoms with Crippen molar-refractivity contribution in [1.82, 2.24) is 4.68 Å². The van der Waals surface area contributed by atoms with Gasteiger partial charge in [0, 0.05) is 16.7 Å². The number of rotatable bonds is 4. The third-order valence-electron chi connectivity index (χ3n) is 4.42. The summed E-state index contributed by atoms with van der Waals surface area (Å²) < 4.78 is 2.05. The second kappa shape index (κ2) is 7.62. The Bertz CT molecular complexity index is 913. The number of thiazole rings is 1. The Labute approximate surface area is 152 Å². The quantitative estimate of drug-likeness (QED) is 0.629.